The van der Waals surface area contributed by atoms with Crippen LogP contribution in [0.5, 0.6) is 11.5 Å². The van der Waals surface area contributed by atoms with Crippen LogP contribution in [0.25, 0.3) is 0 Å². The molecule has 3 N–H and O–H groups in total. The van der Waals surface area contributed by atoms with E-state index in [1.165, 1.54) is 7.11 Å². The van der Waals surface area contributed by atoms with Crippen LogP contribution in [0.15, 0.2) is 53.6 Å². The monoisotopic (exact) mass is 371 g/mol. The minimum absolute atomic E-state index is 0.0894. The van der Waals surface area contributed by atoms with Gasteiger partial charge in [-0.05, 0) is 37.3 Å². The summed E-state index contributed by atoms with van der Waals surface area (Å²) in [6, 6.07) is 14.3. The Morgan fingerprint density at radius 2 is 1.85 bits per heavy atom. The van der Waals surface area contributed by atoms with Gasteiger partial charge in [0.25, 0.3) is 5.91 Å². The van der Waals surface area contributed by atoms with Gasteiger partial charge in [0.05, 0.1) is 19.4 Å². The number of hydrazone groups is 1. The van der Waals surface area contributed by atoms with E-state index in [4.69, 9.17) is 14.6 Å². The number of rotatable bonds is 9. The summed E-state index contributed by atoms with van der Waals surface area (Å²) in [5.74, 6) is -0.676. The normalized spacial score (nSPS) is 10.8. The van der Waals surface area contributed by atoms with Crippen molar-refractivity contribution in [1.29, 1.82) is 0 Å². The second-order valence-electron chi connectivity index (χ2n) is 5.50. The van der Waals surface area contributed by atoms with Crippen molar-refractivity contribution < 1.29 is 24.2 Å². The molecule has 0 radical (unpaired) electrons. The Morgan fingerprint density at radius 3 is 2.52 bits per heavy atom. The fraction of sp³-hybridized carbons (Fsp3) is 0.211. The van der Waals surface area contributed by atoms with Crippen molar-refractivity contribution in [3.63, 3.8) is 0 Å². The Balaban J connectivity index is 1.95. The molecule has 1 amide bonds. The summed E-state index contributed by atoms with van der Waals surface area (Å²) in [5, 5.41) is 15.8. The van der Waals surface area contributed by atoms with Crippen molar-refractivity contribution in [2.45, 2.75) is 6.92 Å². The molecule has 0 atom stereocenters. The van der Waals surface area contributed by atoms with Crippen molar-refractivity contribution in [1.82, 2.24) is 5.43 Å². The first-order valence-electron chi connectivity index (χ1n) is 8.14. The molecule has 0 bridgehead atoms. The Labute approximate surface area is 156 Å². The number of anilines is 1. The van der Waals surface area contributed by atoms with Gasteiger partial charge < -0.3 is 19.9 Å². The van der Waals surface area contributed by atoms with Crippen LogP contribution in [-0.2, 0) is 9.59 Å². The van der Waals surface area contributed by atoms with Crippen LogP contribution < -0.4 is 20.2 Å². The second-order valence-corrected chi connectivity index (χ2v) is 5.50. The number of carbonyl (C=O) groups excluding carboxylic acids is 1. The predicted molar refractivity (Wildman–Crippen MR) is 101 cm³/mol. The maximum atomic E-state index is 11.9. The van der Waals surface area contributed by atoms with E-state index in [2.05, 4.69) is 15.8 Å². The van der Waals surface area contributed by atoms with Crippen molar-refractivity contribution in [3.05, 3.63) is 54.1 Å². The van der Waals surface area contributed by atoms with Crippen LogP contribution in [0.3, 0.4) is 0 Å². The summed E-state index contributed by atoms with van der Waals surface area (Å²) >= 11 is 0. The van der Waals surface area contributed by atoms with Gasteiger partial charge in [0, 0.05) is 11.3 Å². The van der Waals surface area contributed by atoms with E-state index in [0.717, 1.165) is 5.69 Å². The first-order valence-corrected chi connectivity index (χ1v) is 8.14. The van der Waals surface area contributed by atoms with E-state index in [-0.39, 0.29) is 12.5 Å². The molecule has 0 unspecified atom stereocenters. The van der Waals surface area contributed by atoms with E-state index in [1.807, 2.05) is 30.3 Å². The second kappa shape index (κ2) is 9.81. The zero-order chi connectivity index (χ0) is 19.6. The highest BCUT2D eigenvalue weighted by Crippen LogP contribution is 2.28. The van der Waals surface area contributed by atoms with E-state index in [1.54, 1.807) is 25.1 Å². The number of benzene rings is 2. The molecule has 0 saturated carbocycles. The number of methoxy groups -OCH3 is 1. The molecule has 0 aliphatic carbocycles. The number of aliphatic carboxylic acids is 1. The summed E-state index contributed by atoms with van der Waals surface area (Å²) in [7, 11) is 1.45. The quantitative estimate of drug-likeness (QED) is 0.460. The number of ether oxygens (including phenoxy) is 2. The first-order chi connectivity index (χ1) is 13.0. The van der Waals surface area contributed by atoms with Crippen molar-refractivity contribution in [3.8, 4) is 11.5 Å². The number of para-hydroxylation sites is 1. The predicted octanol–water partition coefficient (Wildman–Crippen LogP) is 2.11. The molecule has 0 spiro atoms. The van der Waals surface area contributed by atoms with Crippen molar-refractivity contribution in [2.24, 2.45) is 5.10 Å². The number of carbonyl (C=O) groups is 2. The van der Waals surface area contributed by atoms with Crippen LogP contribution in [0.2, 0.25) is 0 Å². The highest BCUT2D eigenvalue weighted by Gasteiger charge is 2.09. The standard InChI is InChI=1S/C19H21N3O5/c1-13(21-22-18(23)11-20-15-6-4-3-5-7-15)14-8-9-16(17(10-14)26-2)27-12-19(24)25/h3-10,20H,11-12H2,1-2H3,(H,22,23)(H,24,25)/b21-13-. The van der Waals surface area contributed by atoms with Gasteiger partial charge in [-0.25, -0.2) is 10.2 Å². The molecule has 8 heteroatoms. The van der Waals surface area contributed by atoms with Gasteiger partial charge >= 0.3 is 5.97 Å². The zero-order valence-corrected chi connectivity index (χ0v) is 15.1. The SMILES string of the molecule is COc1cc(/C(C)=N\NC(=O)CNc2ccccc2)ccc1OCC(=O)O. The molecule has 0 aromatic heterocycles. The molecule has 0 aliphatic heterocycles. The molecular weight excluding hydrogens is 350 g/mol. The summed E-state index contributed by atoms with van der Waals surface area (Å²) < 4.78 is 10.4. The van der Waals surface area contributed by atoms with E-state index in [0.29, 0.717) is 22.8 Å². The average molecular weight is 371 g/mol. The fourth-order valence-corrected chi connectivity index (χ4v) is 2.14. The molecule has 142 valence electrons. The van der Waals surface area contributed by atoms with Gasteiger partial charge in [-0.2, -0.15) is 5.10 Å². The fourth-order valence-electron chi connectivity index (χ4n) is 2.14. The number of amides is 1. The molecular formula is C19H21N3O5. The highest BCUT2D eigenvalue weighted by atomic mass is 16.5. The number of carboxylic acids is 1. The Morgan fingerprint density at radius 1 is 1.11 bits per heavy atom. The van der Waals surface area contributed by atoms with Gasteiger partial charge in [0.1, 0.15) is 0 Å². The lowest BCUT2D eigenvalue weighted by atomic mass is 10.1. The summed E-state index contributed by atoms with van der Waals surface area (Å²) in [6.45, 7) is 1.36. The largest absolute Gasteiger partial charge is 0.493 e. The van der Waals surface area contributed by atoms with Gasteiger partial charge in [-0.3, -0.25) is 4.79 Å². The Bertz CT molecular complexity index is 821. The number of carboxylic acid groups (broad SMARTS) is 1. The van der Waals surface area contributed by atoms with Crippen LogP contribution in [0.1, 0.15) is 12.5 Å². The van der Waals surface area contributed by atoms with E-state index >= 15 is 0 Å². The third kappa shape index (κ3) is 6.35. The third-order valence-electron chi connectivity index (χ3n) is 3.51. The third-order valence-corrected chi connectivity index (χ3v) is 3.51. The van der Waals surface area contributed by atoms with Crippen LogP contribution in [0, 0.1) is 0 Å². The van der Waals surface area contributed by atoms with Crippen molar-refractivity contribution >= 4 is 23.3 Å². The summed E-state index contributed by atoms with van der Waals surface area (Å²) in [5.41, 5.74) is 4.58. The maximum absolute atomic E-state index is 11.9. The van der Waals surface area contributed by atoms with Crippen LogP contribution in [0.4, 0.5) is 5.69 Å². The van der Waals surface area contributed by atoms with Crippen molar-refractivity contribution in [2.75, 3.05) is 25.6 Å². The summed E-state index contributed by atoms with van der Waals surface area (Å²) in [4.78, 5) is 22.5. The lowest BCUT2D eigenvalue weighted by molar-refractivity contribution is -0.139. The van der Waals surface area contributed by atoms with E-state index in [9.17, 15) is 9.59 Å². The molecule has 0 heterocycles. The van der Waals surface area contributed by atoms with Gasteiger partial charge in [0.2, 0.25) is 0 Å². The molecule has 0 saturated heterocycles. The first kappa shape index (κ1) is 19.8. The molecule has 0 aliphatic rings. The molecule has 0 fully saturated rings. The number of nitrogens with one attached hydrogen (secondary N) is 2. The minimum atomic E-state index is -1.08. The topological polar surface area (TPSA) is 109 Å². The minimum Gasteiger partial charge on any atom is -0.493 e. The number of hydrogen-bond acceptors (Lipinski definition) is 6. The highest BCUT2D eigenvalue weighted by molar-refractivity contribution is 6.00. The molecule has 8 nitrogen and oxygen atoms in total. The smallest absolute Gasteiger partial charge is 0.341 e. The number of hydrogen-bond donors (Lipinski definition) is 3. The Hall–Kier alpha value is -3.55. The van der Waals surface area contributed by atoms with Crippen LogP contribution in [-0.4, -0.2) is 43.0 Å². The average Bonchev–Trinajstić information content (AvgIpc) is 2.69. The molecule has 2 aromatic carbocycles. The van der Waals surface area contributed by atoms with E-state index < -0.39 is 12.6 Å². The van der Waals surface area contributed by atoms with Crippen LogP contribution >= 0.6 is 0 Å². The Kier molecular flexibility index (Phi) is 7.18. The lowest BCUT2D eigenvalue weighted by Crippen LogP contribution is -2.26. The molecule has 27 heavy (non-hydrogen) atoms. The molecule has 2 aromatic rings. The summed E-state index contributed by atoms with van der Waals surface area (Å²) in [6.07, 6.45) is 0. The lowest BCUT2D eigenvalue weighted by Gasteiger charge is -2.11. The van der Waals surface area contributed by atoms with Gasteiger partial charge in [0.15, 0.2) is 18.1 Å². The zero-order valence-electron chi connectivity index (χ0n) is 15.1. The van der Waals surface area contributed by atoms with Gasteiger partial charge in [-0.1, -0.05) is 18.2 Å². The maximum Gasteiger partial charge on any atom is 0.341 e. The number of nitrogens with zero attached hydrogens (tertiary/aromatic N) is 1. The van der Waals surface area contributed by atoms with Gasteiger partial charge in [-0.15, -0.1) is 0 Å². The molecule has 2 rings (SSSR count).